The first-order valence-electron chi connectivity index (χ1n) is 6.46. The minimum absolute atomic E-state index is 0.0437. The zero-order chi connectivity index (χ0) is 14.0. The van der Waals surface area contributed by atoms with E-state index in [2.05, 4.69) is 10.3 Å². The predicted molar refractivity (Wildman–Crippen MR) is 72.4 cm³/mol. The monoisotopic (exact) mass is 282 g/mol. The third-order valence-corrected chi connectivity index (χ3v) is 4.51. The van der Waals surface area contributed by atoms with E-state index in [1.54, 1.807) is 5.38 Å². The number of carboxylic acid groups (broad SMARTS) is 1. The van der Waals surface area contributed by atoms with Crippen LogP contribution in [0.5, 0.6) is 0 Å². The van der Waals surface area contributed by atoms with Gasteiger partial charge in [0.1, 0.15) is 5.69 Å². The third-order valence-electron chi connectivity index (χ3n) is 3.37. The summed E-state index contributed by atoms with van der Waals surface area (Å²) in [6, 6.07) is -0.0437. The number of carbonyl (C=O) groups is 2. The number of rotatable bonds is 4. The highest BCUT2D eigenvalue weighted by atomic mass is 32.1. The van der Waals surface area contributed by atoms with Crippen molar-refractivity contribution in [2.24, 2.45) is 5.92 Å². The van der Waals surface area contributed by atoms with Crippen molar-refractivity contribution >= 4 is 23.2 Å². The van der Waals surface area contributed by atoms with E-state index >= 15 is 0 Å². The van der Waals surface area contributed by atoms with Crippen LogP contribution in [0.15, 0.2) is 5.38 Å². The zero-order valence-corrected chi connectivity index (χ0v) is 11.9. The molecule has 1 aliphatic rings. The summed E-state index contributed by atoms with van der Waals surface area (Å²) >= 11 is 1.48. The van der Waals surface area contributed by atoms with Crippen LogP contribution in [-0.2, 0) is 4.79 Å². The Labute approximate surface area is 116 Å². The highest BCUT2D eigenvalue weighted by Gasteiger charge is 2.31. The Kier molecular flexibility index (Phi) is 4.19. The summed E-state index contributed by atoms with van der Waals surface area (Å²) in [5, 5.41) is 14.5. The number of carbonyl (C=O) groups excluding carboxylic acids is 1. The Morgan fingerprint density at radius 1 is 1.47 bits per heavy atom. The fourth-order valence-corrected chi connectivity index (χ4v) is 3.07. The molecular weight excluding hydrogens is 264 g/mol. The Morgan fingerprint density at radius 3 is 2.74 bits per heavy atom. The van der Waals surface area contributed by atoms with E-state index in [0.29, 0.717) is 24.5 Å². The summed E-state index contributed by atoms with van der Waals surface area (Å²) < 4.78 is 0. The standard InChI is InChI=1S/C13H18N2O3S/c1-7(2)12-15-10(6-19-12)11(16)14-9-4-3-8(5-9)13(17)18/h6-9H,3-5H2,1-2H3,(H,14,16)(H,17,18)/t8-,9+/m0/s1. The van der Waals surface area contributed by atoms with Gasteiger partial charge in [-0.1, -0.05) is 13.8 Å². The summed E-state index contributed by atoms with van der Waals surface area (Å²) in [6.45, 7) is 4.07. The van der Waals surface area contributed by atoms with Crippen molar-refractivity contribution in [3.63, 3.8) is 0 Å². The molecule has 0 bridgehead atoms. The Morgan fingerprint density at radius 2 is 2.21 bits per heavy atom. The lowest BCUT2D eigenvalue weighted by atomic mass is 10.1. The van der Waals surface area contributed by atoms with Crippen molar-refractivity contribution in [2.75, 3.05) is 0 Å². The molecule has 1 amide bonds. The fraction of sp³-hybridized carbons (Fsp3) is 0.615. The van der Waals surface area contributed by atoms with Crippen molar-refractivity contribution in [2.45, 2.75) is 45.1 Å². The van der Waals surface area contributed by atoms with Crippen molar-refractivity contribution in [1.29, 1.82) is 0 Å². The molecule has 2 N–H and O–H groups in total. The van der Waals surface area contributed by atoms with Gasteiger partial charge in [0.25, 0.3) is 5.91 Å². The van der Waals surface area contributed by atoms with E-state index < -0.39 is 5.97 Å². The van der Waals surface area contributed by atoms with Gasteiger partial charge in [0.05, 0.1) is 10.9 Å². The fourth-order valence-electron chi connectivity index (χ4n) is 2.25. The second-order valence-corrected chi connectivity index (χ2v) is 6.13. The summed E-state index contributed by atoms with van der Waals surface area (Å²) in [5.41, 5.74) is 0.437. The van der Waals surface area contributed by atoms with Gasteiger partial charge in [-0.05, 0) is 19.3 Å². The van der Waals surface area contributed by atoms with E-state index in [0.717, 1.165) is 11.4 Å². The number of carboxylic acids is 1. The molecule has 6 heteroatoms. The molecule has 0 radical (unpaired) electrons. The third kappa shape index (κ3) is 3.32. The van der Waals surface area contributed by atoms with Crippen LogP contribution in [0, 0.1) is 5.92 Å². The van der Waals surface area contributed by atoms with E-state index in [1.807, 2.05) is 13.8 Å². The number of aromatic nitrogens is 1. The van der Waals surface area contributed by atoms with Gasteiger partial charge >= 0.3 is 5.97 Å². The quantitative estimate of drug-likeness (QED) is 0.887. The summed E-state index contributed by atoms with van der Waals surface area (Å²) in [6.07, 6.45) is 1.88. The van der Waals surface area contributed by atoms with Crippen LogP contribution in [-0.4, -0.2) is 28.0 Å². The number of nitrogens with zero attached hydrogens (tertiary/aromatic N) is 1. The van der Waals surface area contributed by atoms with Gasteiger partial charge in [0.2, 0.25) is 0 Å². The van der Waals surface area contributed by atoms with E-state index in [1.165, 1.54) is 11.3 Å². The molecular formula is C13H18N2O3S. The van der Waals surface area contributed by atoms with Crippen LogP contribution in [0.4, 0.5) is 0 Å². The van der Waals surface area contributed by atoms with Crippen molar-refractivity contribution in [3.05, 3.63) is 16.1 Å². The van der Waals surface area contributed by atoms with Gasteiger partial charge in [-0.25, -0.2) is 4.98 Å². The van der Waals surface area contributed by atoms with E-state index in [-0.39, 0.29) is 17.9 Å². The van der Waals surface area contributed by atoms with Gasteiger partial charge < -0.3 is 10.4 Å². The second-order valence-electron chi connectivity index (χ2n) is 5.24. The topological polar surface area (TPSA) is 79.3 Å². The first kappa shape index (κ1) is 14.0. The zero-order valence-electron chi connectivity index (χ0n) is 11.0. The summed E-state index contributed by atoms with van der Waals surface area (Å²) in [4.78, 5) is 27.2. The van der Waals surface area contributed by atoms with Crippen molar-refractivity contribution < 1.29 is 14.7 Å². The second kappa shape index (κ2) is 5.69. The van der Waals surface area contributed by atoms with E-state index in [9.17, 15) is 9.59 Å². The van der Waals surface area contributed by atoms with Crippen LogP contribution in [0.25, 0.3) is 0 Å². The average molecular weight is 282 g/mol. The van der Waals surface area contributed by atoms with Crippen LogP contribution < -0.4 is 5.32 Å². The minimum Gasteiger partial charge on any atom is -0.481 e. The maximum absolute atomic E-state index is 12.0. The molecule has 1 fully saturated rings. The molecule has 1 aromatic heterocycles. The molecule has 1 saturated carbocycles. The highest BCUT2D eigenvalue weighted by Crippen LogP contribution is 2.26. The molecule has 19 heavy (non-hydrogen) atoms. The largest absolute Gasteiger partial charge is 0.481 e. The predicted octanol–water partition coefficient (Wildman–Crippen LogP) is 2.25. The van der Waals surface area contributed by atoms with Crippen LogP contribution in [0.2, 0.25) is 0 Å². The molecule has 0 saturated heterocycles. The number of thiazole rings is 1. The first-order valence-corrected chi connectivity index (χ1v) is 7.34. The number of amides is 1. The maximum Gasteiger partial charge on any atom is 0.306 e. The lowest BCUT2D eigenvalue weighted by Crippen LogP contribution is -2.33. The van der Waals surface area contributed by atoms with Crippen LogP contribution in [0.3, 0.4) is 0 Å². The SMILES string of the molecule is CC(C)c1nc(C(=O)N[C@@H]2CC[C@H](C(=O)O)C2)cs1. The number of nitrogens with one attached hydrogen (secondary N) is 1. The molecule has 0 spiro atoms. The van der Waals surface area contributed by atoms with Gasteiger partial charge in [-0.15, -0.1) is 11.3 Å². The summed E-state index contributed by atoms with van der Waals surface area (Å²) in [5.74, 6) is -0.979. The molecule has 0 unspecified atom stereocenters. The summed E-state index contributed by atoms with van der Waals surface area (Å²) in [7, 11) is 0. The van der Waals surface area contributed by atoms with Crippen molar-refractivity contribution in [3.8, 4) is 0 Å². The average Bonchev–Trinajstić information content (AvgIpc) is 2.96. The molecule has 1 aliphatic carbocycles. The molecule has 2 atom stereocenters. The maximum atomic E-state index is 12.0. The molecule has 104 valence electrons. The lowest BCUT2D eigenvalue weighted by molar-refractivity contribution is -0.141. The van der Waals surface area contributed by atoms with Crippen LogP contribution >= 0.6 is 11.3 Å². The van der Waals surface area contributed by atoms with Gasteiger partial charge in [-0.2, -0.15) is 0 Å². The normalized spacial score (nSPS) is 22.7. The molecule has 1 heterocycles. The molecule has 5 nitrogen and oxygen atoms in total. The molecule has 0 aliphatic heterocycles. The molecule has 2 rings (SSSR count). The number of hydrogen-bond acceptors (Lipinski definition) is 4. The van der Waals surface area contributed by atoms with E-state index in [4.69, 9.17) is 5.11 Å². The minimum atomic E-state index is -0.771. The number of aliphatic carboxylic acids is 1. The van der Waals surface area contributed by atoms with Gasteiger partial charge in [-0.3, -0.25) is 9.59 Å². The molecule has 1 aromatic rings. The highest BCUT2D eigenvalue weighted by molar-refractivity contribution is 7.09. The Bertz CT molecular complexity index is 484. The Hall–Kier alpha value is -1.43. The first-order chi connectivity index (χ1) is 8.97. The van der Waals surface area contributed by atoms with Crippen LogP contribution in [0.1, 0.15) is 54.5 Å². The number of hydrogen-bond donors (Lipinski definition) is 2. The smallest absolute Gasteiger partial charge is 0.306 e. The Balaban J connectivity index is 1.92. The lowest BCUT2D eigenvalue weighted by Gasteiger charge is -2.11. The van der Waals surface area contributed by atoms with Crippen molar-refractivity contribution in [1.82, 2.24) is 10.3 Å². The molecule has 0 aromatic carbocycles. The van der Waals surface area contributed by atoms with Gasteiger partial charge in [0.15, 0.2) is 0 Å². The van der Waals surface area contributed by atoms with Gasteiger partial charge in [0, 0.05) is 17.3 Å².